The Hall–Kier alpha value is -3.84. The Morgan fingerprint density at radius 1 is 0.823 bits per heavy atom. The van der Waals surface area contributed by atoms with Crippen LogP contribution in [0.3, 0.4) is 0 Å². The third kappa shape index (κ3) is 12.9. The highest BCUT2D eigenvalue weighted by atomic mass is 32.2. The summed E-state index contributed by atoms with van der Waals surface area (Å²) in [5, 5.41) is 9.13. The van der Waals surface area contributed by atoms with Gasteiger partial charge in [-0.2, -0.15) is 13.0 Å². The minimum absolute atomic E-state index is 0.00759. The number of sulfonamides is 1. The van der Waals surface area contributed by atoms with Crippen molar-refractivity contribution in [2.75, 3.05) is 63.5 Å². The monoisotopic (exact) mass is 944 g/mol. The lowest BCUT2D eigenvalue weighted by atomic mass is 9.76. The van der Waals surface area contributed by atoms with Gasteiger partial charge in [-0.05, 0) is 87.9 Å². The van der Waals surface area contributed by atoms with E-state index < -0.39 is 67.8 Å². The van der Waals surface area contributed by atoms with E-state index in [2.05, 4.69) is 4.72 Å². The number of hydrogen-bond donors (Lipinski definition) is 3. The molecule has 22 heteroatoms. The highest BCUT2D eigenvalue weighted by Gasteiger charge is 2.48. The second-order valence-corrected chi connectivity index (χ2v) is 21.7. The highest BCUT2D eigenvalue weighted by Crippen LogP contribution is 2.51. The number of methoxy groups -OCH3 is 2. The summed E-state index contributed by atoms with van der Waals surface area (Å²) in [6.45, 7) is 4.59. The number of hydrogen-bond acceptors (Lipinski definition) is 14. The summed E-state index contributed by atoms with van der Waals surface area (Å²) < 4.78 is 147. The number of aliphatic carboxylic acids is 1. The van der Waals surface area contributed by atoms with Crippen molar-refractivity contribution in [1.82, 2.24) is 4.72 Å². The average Bonchev–Trinajstić information content (AvgIpc) is 3.54. The lowest BCUT2D eigenvalue weighted by molar-refractivity contribution is -0.438. The largest absolute Gasteiger partial charge is 0.748 e. The van der Waals surface area contributed by atoms with Crippen LogP contribution in [0, 0.1) is 0 Å². The number of rotatable bonds is 25. The molecule has 0 bridgehead atoms. The molecule has 344 valence electrons. The molecule has 0 amide bonds. The van der Waals surface area contributed by atoms with Crippen LogP contribution < -0.4 is 9.62 Å². The molecule has 18 nitrogen and oxygen atoms in total. The van der Waals surface area contributed by atoms with Gasteiger partial charge in [-0.1, -0.05) is 18.2 Å². The molecule has 3 N–H and O–H groups in total. The van der Waals surface area contributed by atoms with Gasteiger partial charge in [-0.3, -0.25) is 9.35 Å². The molecule has 4 rings (SSSR count). The summed E-state index contributed by atoms with van der Waals surface area (Å²) in [7, 11) is -15.0. The molecule has 0 saturated carbocycles. The molecule has 0 radical (unpaired) electrons. The molecule has 2 aliphatic heterocycles. The number of carbonyl (C=O) groups is 1. The van der Waals surface area contributed by atoms with Crippen molar-refractivity contribution in [1.29, 1.82) is 0 Å². The zero-order valence-corrected chi connectivity index (χ0v) is 38.2. The van der Waals surface area contributed by atoms with E-state index in [1.165, 1.54) is 50.6 Å². The number of nitrogens with one attached hydrogen (secondary N) is 1. The first-order chi connectivity index (χ1) is 28.9. The van der Waals surface area contributed by atoms with E-state index in [9.17, 15) is 52.1 Å². The summed E-state index contributed by atoms with van der Waals surface area (Å²) >= 11 is 0. The van der Waals surface area contributed by atoms with Crippen molar-refractivity contribution >= 4 is 63.4 Å². The molecule has 0 fully saturated rings. The minimum Gasteiger partial charge on any atom is -0.748 e. The zero-order valence-electron chi connectivity index (χ0n) is 35.0. The van der Waals surface area contributed by atoms with Crippen molar-refractivity contribution in [3.63, 3.8) is 0 Å². The summed E-state index contributed by atoms with van der Waals surface area (Å²) in [4.78, 5) is 12.2. The molecule has 0 saturated heterocycles. The van der Waals surface area contributed by atoms with Crippen LogP contribution in [0.15, 0.2) is 82.3 Å². The predicted octanol–water partition coefficient (Wildman–Crippen LogP) is 3.54. The van der Waals surface area contributed by atoms with Crippen molar-refractivity contribution in [2.24, 2.45) is 0 Å². The van der Waals surface area contributed by atoms with Gasteiger partial charge >= 0.3 is 5.97 Å². The van der Waals surface area contributed by atoms with E-state index in [0.717, 1.165) is 0 Å². The van der Waals surface area contributed by atoms with Crippen molar-refractivity contribution < 1.29 is 71.3 Å². The maximum Gasteiger partial charge on any atom is 0.303 e. The Balaban J connectivity index is 1.83. The standard InChI is InChI=1S/C40H55N3O15S4/c1-39(19-11-26-60(48,49)50)32-28-30(61(51,52)53)15-17-34(32)42(22-10-6-9-14-38(44)45)36(39)12-7-5-8-13-37-40(2,20-27-59(46,47)41-21-24-57-3)33-29-31(62(54,55)56)16-18-35(33)43(37)23-25-58-4/h5,7-8,12-13,15-18,28-29,41H,6,9-11,14,19-27H2,1-4H3,(H3-,44,45,48,49,50,51,52,53,54,55,56)/p-1. The van der Waals surface area contributed by atoms with Crippen LogP contribution in [0.4, 0.5) is 11.4 Å². The second-order valence-electron chi connectivity index (χ2n) is 15.5. The number of allylic oxidation sites excluding steroid dienone is 6. The van der Waals surface area contributed by atoms with E-state index in [0.29, 0.717) is 59.7 Å². The first-order valence-corrected chi connectivity index (χ1v) is 25.8. The number of unbranched alkanes of at least 4 members (excludes halogenated alkanes) is 2. The van der Waals surface area contributed by atoms with Gasteiger partial charge in [0.2, 0.25) is 15.7 Å². The molecule has 0 spiro atoms. The predicted molar refractivity (Wildman–Crippen MR) is 229 cm³/mol. The van der Waals surface area contributed by atoms with Crippen molar-refractivity contribution in [3.05, 3.63) is 83.6 Å². The van der Waals surface area contributed by atoms with Crippen LogP contribution in [0.25, 0.3) is 0 Å². The van der Waals surface area contributed by atoms with Gasteiger partial charge in [-0.15, -0.1) is 0 Å². The third-order valence-corrected chi connectivity index (χ3v) is 15.0. The van der Waals surface area contributed by atoms with Crippen LogP contribution in [-0.4, -0.2) is 127 Å². The van der Waals surface area contributed by atoms with Gasteiger partial charge in [0.1, 0.15) is 16.7 Å². The molecule has 2 heterocycles. The Morgan fingerprint density at radius 2 is 1.50 bits per heavy atom. The van der Waals surface area contributed by atoms with Gasteiger partial charge in [0.15, 0.2) is 5.71 Å². The van der Waals surface area contributed by atoms with Crippen LogP contribution in [0.1, 0.15) is 69.9 Å². The fraction of sp³-hybridized carbons (Fsp3) is 0.500. The second kappa shape index (κ2) is 20.8. The molecule has 62 heavy (non-hydrogen) atoms. The summed E-state index contributed by atoms with van der Waals surface area (Å²) in [6.07, 6.45) is 9.95. The number of ether oxygens (including phenoxy) is 2. The molecule has 2 aromatic carbocycles. The molecule has 2 aliphatic rings. The topological polar surface area (TPSA) is 277 Å². The maximum atomic E-state index is 13.1. The van der Waals surface area contributed by atoms with E-state index in [1.54, 1.807) is 44.2 Å². The lowest BCUT2D eigenvalue weighted by Gasteiger charge is -2.30. The fourth-order valence-corrected chi connectivity index (χ4v) is 10.7. The van der Waals surface area contributed by atoms with Crippen molar-refractivity contribution in [3.8, 4) is 0 Å². The zero-order chi connectivity index (χ0) is 46.1. The van der Waals surface area contributed by atoms with E-state index in [1.807, 2.05) is 9.48 Å². The Labute approximate surface area is 364 Å². The summed E-state index contributed by atoms with van der Waals surface area (Å²) in [5.74, 6) is -1.98. The molecule has 2 atom stereocenters. The van der Waals surface area contributed by atoms with Crippen LogP contribution in [0.5, 0.6) is 0 Å². The Kier molecular flexibility index (Phi) is 17.0. The highest BCUT2D eigenvalue weighted by molar-refractivity contribution is 7.89. The van der Waals surface area contributed by atoms with Gasteiger partial charge < -0.3 is 28.6 Å². The van der Waals surface area contributed by atoms with Gasteiger partial charge in [0.25, 0.3) is 10.1 Å². The van der Waals surface area contributed by atoms with Gasteiger partial charge in [0.05, 0.1) is 44.3 Å². The van der Waals surface area contributed by atoms with Crippen LogP contribution >= 0.6 is 0 Å². The van der Waals surface area contributed by atoms with E-state index in [-0.39, 0.29) is 62.6 Å². The summed E-state index contributed by atoms with van der Waals surface area (Å²) in [5.41, 5.74) is 0.984. The van der Waals surface area contributed by atoms with E-state index >= 15 is 0 Å². The quantitative estimate of drug-likeness (QED) is 0.0556. The fourth-order valence-electron chi connectivity index (χ4n) is 7.96. The van der Waals surface area contributed by atoms with Crippen molar-refractivity contribution in [2.45, 2.75) is 79.4 Å². The maximum absolute atomic E-state index is 13.1. The molecule has 0 aliphatic carbocycles. The number of fused-ring (bicyclic) bond motifs is 2. The molecular weight excluding hydrogens is 891 g/mol. The van der Waals surface area contributed by atoms with Crippen LogP contribution in [-0.2, 0) is 65.5 Å². The molecule has 0 aromatic heterocycles. The minimum atomic E-state index is -4.90. The third-order valence-electron chi connectivity index (χ3n) is 11.1. The van der Waals surface area contributed by atoms with Gasteiger partial charge in [-0.25, -0.2) is 30.0 Å². The number of nitrogens with zero attached hydrogens (tertiary/aromatic N) is 2. The van der Waals surface area contributed by atoms with Gasteiger partial charge in [0, 0.05) is 80.4 Å². The van der Waals surface area contributed by atoms with Crippen LogP contribution in [0.2, 0.25) is 0 Å². The number of anilines is 1. The first kappa shape index (κ1) is 50.8. The Morgan fingerprint density at radius 3 is 2.13 bits per heavy atom. The number of carboxylic acid groups (broad SMARTS) is 1. The van der Waals surface area contributed by atoms with E-state index in [4.69, 9.17) is 14.6 Å². The number of carboxylic acids is 1. The normalized spacial score (nSPS) is 20.2. The first-order valence-electron chi connectivity index (χ1n) is 19.7. The Bertz CT molecular complexity index is 2550. The lowest BCUT2D eigenvalue weighted by Crippen LogP contribution is -2.35. The SMILES string of the molecule is COCCNS(=O)(=O)CCC1(C)C(=CC=CC=CC2=[N+](CCCCCC(=O)O)c3ccc(S(=O)(=O)[O-])cc3C2(C)CCCS(=O)(=O)[O-])N(CCOC)c2ccc(S(=O)(=O)O)cc21. The summed E-state index contributed by atoms with van der Waals surface area (Å²) in [6, 6.07) is 8.06. The number of benzene rings is 2. The molecular formula is C40H54N3O15S4-. The smallest absolute Gasteiger partial charge is 0.303 e. The molecule has 2 aromatic rings. The average molecular weight is 945 g/mol. The molecule has 2 unspecified atom stereocenters.